The number of nitrogens with zero attached hydrogens (tertiary/aromatic N) is 3. The van der Waals surface area contributed by atoms with Gasteiger partial charge in [-0.2, -0.15) is 5.10 Å². The number of amides is 1. The fourth-order valence-electron chi connectivity index (χ4n) is 3.93. The number of carbonyl (C=O) groups is 1. The van der Waals surface area contributed by atoms with Gasteiger partial charge in [-0.25, -0.2) is 13.4 Å². The van der Waals surface area contributed by atoms with Crippen LogP contribution in [0.15, 0.2) is 28.9 Å². The first-order chi connectivity index (χ1) is 14.0. The van der Waals surface area contributed by atoms with Crippen LogP contribution in [0.1, 0.15) is 46.4 Å². The SMILES string of the molecule is O=C(Nc1nc2c(s1)CCCC2)c1cc(-c2ccco2)n([C@H]2CCS(=O)(=O)C2)n1. The number of anilines is 1. The quantitative estimate of drug-likeness (QED) is 0.679. The van der Waals surface area contributed by atoms with Gasteiger partial charge in [0.2, 0.25) is 0 Å². The van der Waals surface area contributed by atoms with Gasteiger partial charge in [-0.15, -0.1) is 11.3 Å². The summed E-state index contributed by atoms with van der Waals surface area (Å²) >= 11 is 1.52. The van der Waals surface area contributed by atoms with Gasteiger partial charge in [0.15, 0.2) is 26.4 Å². The number of nitrogens with one attached hydrogen (secondary N) is 1. The van der Waals surface area contributed by atoms with Crippen molar-refractivity contribution in [2.75, 3.05) is 16.8 Å². The Kier molecular flexibility index (Phi) is 4.54. The number of furan rings is 1. The fourth-order valence-corrected chi connectivity index (χ4v) is 6.66. The third kappa shape index (κ3) is 3.62. The minimum absolute atomic E-state index is 0.0165. The van der Waals surface area contributed by atoms with Gasteiger partial charge in [-0.05, 0) is 44.2 Å². The van der Waals surface area contributed by atoms with E-state index in [1.54, 1.807) is 22.9 Å². The zero-order chi connectivity index (χ0) is 20.0. The molecule has 3 aromatic rings. The Bertz CT molecular complexity index is 1140. The summed E-state index contributed by atoms with van der Waals surface area (Å²) in [5.41, 5.74) is 1.89. The van der Waals surface area contributed by atoms with E-state index in [1.807, 2.05) is 0 Å². The molecule has 0 radical (unpaired) electrons. The van der Waals surface area contributed by atoms with Gasteiger partial charge in [0.25, 0.3) is 5.91 Å². The van der Waals surface area contributed by atoms with Crippen LogP contribution in [0.2, 0.25) is 0 Å². The van der Waals surface area contributed by atoms with Crippen LogP contribution < -0.4 is 5.32 Å². The molecule has 152 valence electrons. The highest BCUT2D eigenvalue weighted by molar-refractivity contribution is 7.91. The number of rotatable bonds is 4. The van der Waals surface area contributed by atoms with Crippen LogP contribution in [0.5, 0.6) is 0 Å². The molecule has 1 saturated heterocycles. The first kappa shape index (κ1) is 18.6. The predicted octanol–water partition coefficient (Wildman–Crippen LogP) is 3.09. The largest absolute Gasteiger partial charge is 0.463 e. The number of hydrogen-bond donors (Lipinski definition) is 1. The number of carbonyl (C=O) groups excluding carboxylic acids is 1. The van der Waals surface area contributed by atoms with Crippen LogP contribution >= 0.6 is 11.3 Å². The second kappa shape index (κ2) is 7.10. The Morgan fingerprint density at radius 1 is 1.31 bits per heavy atom. The molecule has 3 aromatic heterocycles. The van der Waals surface area contributed by atoms with Gasteiger partial charge in [-0.3, -0.25) is 14.8 Å². The molecule has 5 rings (SSSR count). The second-order valence-electron chi connectivity index (χ2n) is 7.44. The summed E-state index contributed by atoms with van der Waals surface area (Å²) in [7, 11) is -3.09. The lowest BCUT2D eigenvalue weighted by molar-refractivity contribution is 0.102. The minimum Gasteiger partial charge on any atom is -0.463 e. The summed E-state index contributed by atoms with van der Waals surface area (Å²) in [6.45, 7) is 0. The first-order valence-electron chi connectivity index (χ1n) is 9.62. The molecule has 0 spiro atoms. The zero-order valence-corrected chi connectivity index (χ0v) is 17.3. The molecule has 1 fully saturated rings. The van der Waals surface area contributed by atoms with Crippen molar-refractivity contribution in [2.45, 2.75) is 38.1 Å². The summed E-state index contributed by atoms with van der Waals surface area (Å²) in [4.78, 5) is 18.6. The number of thiazole rings is 1. The van der Waals surface area contributed by atoms with E-state index in [1.165, 1.54) is 22.5 Å². The summed E-state index contributed by atoms with van der Waals surface area (Å²) in [5.74, 6) is 0.332. The van der Waals surface area contributed by atoms with Crippen molar-refractivity contribution in [3.8, 4) is 11.5 Å². The lowest BCUT2D eigenvalue weighted by atomic mass is 10.0. The number of aromatic nitrogens is 3. The monoisotopic (exact) mass is 432 g/mol. The molecule has 8 nitrogen and oxygen atoms in total. The van der Waals surface area contributed by atoms with Crippen molar-refractivity contribution in [1.82, 2.24) is 14.8 Å². The molecular weight excluding hydrogens is 412 g/mol. The third-order valence-corrected chi connectivity index (χ3v) is 8.19. The van der Waals surface area contributed by atoms with Crippen LogP contribution in [0.3, 0.4) is 0 Å². The van der Waals surface area contributed by atoms with Crippen LogP contribution in [-0.2, 0) is 22.7 Å². The summed E-state index contributed by atoms with van der Waals surface area (Å²) in [6, 6.07) is 4.85. The van der Waals surface area contributed by atoms with E-state index in [0.717, 1.165) is 31.4 Å². The van der Waals surface area contributed by atoms with Crippen LogP contribution in [0.4, 0.5) is 5.13 Å². The van der Waals surface area contributed by atoms with Gasteiger partial charge in [0.05, 0.1) is 29.5 Å². The van der Waals surface area contributed by atoms with Gasteiger partial charge in [0, 0.05) is 10.9 Å². The first-order valence-corrected chi connectivity index (χ1v) is 12.3. The number of aryl methyl sites for hydroxylation is 2. The number of hydrogen-bond acceptors (Lipinski definition) is 7. The number of fused-ring (bicyclic) bond motifs is 1. The zero-order valence-electron chi connectivity index (χ0n) is 15.6. The van der Waals surface area contributed by atoms with Crippen LogP contribution in [-0.4, -0.2) is 40.6 Å². The standard InChI is InChI=1S/C19H20N4O4S2/c24-18(21-19-20-13-4-1-2-6-17(13)28-19)14-10-15(16-5-3-8-27-16)23(22-14)12-7-9-29(25,26)11-12/h3,5,8,10,12H,1-2,4,6-7,9,11H2,(H,20,21,24)/t12-/m0/s1. The maximum Gasteiger partial charge on any atom is 0.277 e. The van der Waals surface area contributed by atoms with Crippen molar-refractivity contribution < 1.29 is 17.6 Å². The molecule has 1 amide bonds. The summed E-state index contributed by atoms with van der Waals surface area (Å²) < 4.78 is 31.0. The highest BCUT2D eigenvalue weighted by Crippen LogP contribution is 2.32. The van der Waals surface area contributed by atoms with E-state index in [0.29, 0.717) is 23.0 Å². The minimum atomic E-state index is -3.09. The maximum atomic E-state index is 12.8. The van der Waals surface area contributed by atoms with E-state index < -0.39 is 9.84 Å². The number of sulfone groups is 1. The summed E-state index contributed by atoms with van der Waals surface area (Å²) in [5, 5.41) is 7.88. The lowest BCUT2D eigenvalue weighted by Gasteiger charge is -2.11. The Morgan fingerprint density at radius 3 is 2.90 bits per heavy atom. The molecule has 10 heteroatoms. The van der Waals surface area contributed by atoms with E-state index in [9.17, 15) is 13.2 Å². The lowest BCUT2D eigenvalue weighted by Crippen LogP contribution is -2.16. The normalized spacial score (nSPS) is 20.5. The van der Waals surface area contributed by atoms with Crippen LogP contribution in [0.25, 0.3) is 11.5 Å². The molecule has 1 aliphatic carbocycles. The van der Waals surface area contributed by atoms with Crippen molar-refractivity contribution in [3.63, 3.8) is 0 Å². The third-order valence-electron chi connectivity index (χ3n) is 5.36. The average Bonchev–Trinajstić information content (AvgIpc) is 3.46. The smallest absolute Gasteiger partial charge is 0.277 e. The molecular formula is C19H20N4O4S2. The maximum absolute atomic E-state index is 12.8. The van der Waals surface area contributed by atoms with Gasteiger partial charge in [0.1, 0.15) is 5.69 Å². The fraction of sp³-hybridized carbons (Fsp3) is 0.421. The molecule has 0 bridgehead atoms. The highest BCUT2D eigenvalue weighted by Gasteiger charge is 2.32. The molecule has 1 aliphatic heterocycles. The van der Waals surface area contributed by atoms with Crippen molar-refractivity contribution in [1.29, 1.82) is 0 Å². The van der Waals surface area contributed by atoms with E-state index in [-0.39, 0.29) is 29.1 Å². The highest BCUT2D eigenvalue weighted by atomic mass is 32.2. The van der Waals surface area contributed by atoms with E-state index in [2.05, 4.69) is 15.4 Å². The Labute approximate surface area is 171 Å². The molecule has 0 unspecified atom stereocenters. The van der Waals surface area contributed by atoms with E-state index >= 15 is 0 Å². The molecule has 1 atom stereocenters. The topological polar surface area (TPSA) is 107 Å². The van der Waals surface area contributed by atoms with Crippen molar-refractivity contribution in [2.24, 2.45) is 0 Å². The average molecular weight is 433 g/mol. The molecule has 4 heterocycles. The Balaban J connectivity index is 1.44. The van der Waals surface area contributed by atoms with Gasteiger partial charge >= 0.3 is 0 Å². The van der Waals surface area contributed by atoms with Crippen molar-refractivity contribution in [3.05, 3.63) is 40.7 Å². The van der Waals surface area contributed by atoms with Crippen molar-refractivity contribution >= 4 is 32.2 Å². The van der Waals surface area contributed by atoms with Crippen LogP contribution in [0, 0.1) is 0 Å². The van der Waals surface area contributed by atoms with E-state index in [4.69, 9.17) is 4.42 Å². The molecule has 0 aromatic carbocycles. The molecule has 2 aliphatic rings. The van der Waals surface area contributed by atoms with Gasteiger partial charge < -0.3 is 4.42 Å². The predicted molar refractivity (Wildman–Crippen MR) is 109 cm³/mol. The molecule has 1 N–H and O–H groups in total. The second-order valence-corrected chi connectivity index (χ2v) is 10.8. The molecule has 29 heavy (non-hydrogen) atoms. The Morgan fingerprint density at radius 2 is 2.17 bits per heavy atom. The Hall–Kier alpha value is -2.46. The molecule has 0 saturated carbocycles. The van der Waals surface area contributed by atoms with Gasteiger partial charge in [-0.1, -0.05) is 0 Å². The summed E-state index contributed by atoms with van der Waals surface area (Å²) in [6.07, 6.45) is 6.26.